The molecule has 2 aliphatic rings. The van der Waals surface area contributed by atoms with Crippen LogP contribution in [0.3, 0.4) is 0 Å². The van der Waals surface area contributed by atoms with Crippen molar-refractivity contribution in [1.82, 2.24) is 19.1 Å². The smallest absolute Gasteiger partial charge is 0.322 e. The number of piperidine rings is 2. The van der Waals surface area contributed by atoms with Gasteiger partial charge in [0, 0.05) is 63.1 Å². The molecule has 3 aromatic rings. The molecule has 3 amide bonds. The molecule has 2 fully saturated rings. The lowest BCUT2D eigenvalue weighted by Gasteiger charge is -2.38. The third kappa shape index (κ3) is 8.92. The third-order valence-corrected chi connectivity index (χ3v) is 11.1. The number of urea groups is 1. The van der Waals surface area contributed by atoms with Crippen LogP contribution < -0.4 is 15.8 Å². The molecule has 15 heteroatoms. The Labute approximate surface area is 290 Å². The number of carbonyl (C=O) groups excluding carboxylic acids is 2. The van der Waals surface area contributed by atoms with Gasteiger partial charge in [-0.2, -0.15) is 4.31 Å². The summed E-state index contributed by atoms with van der Waals surface area (Å²) in [5.41, 5.74) is 6.17. The first kappa shape index (κ1) is 37.1. The average Bonchev–Trinajstić information content (AvgIpc) is 3.08. The van der Waals surface area contributed by atoms with Crippen molar-refractivity contribution in [1.29, 1.82) is 0 Å². The molecule has 2 aliphatic heterocycles. The van der Waals surface area contributed by atoms with Crippen LogP contribution in [0.25, 0.3) is 0 Å². The number of unbranched alkanes of at least 4 members (excludes halogenated alkanes) is 1. The summed E-state index contributed by atoms with van der Waals surface area (Å²) in [5.74, 6) is -2.36. The third-order valence-electron chi connectivity index (χ3n) is 9.21. The Morgan fingerprint density at radius 2 is 1.68 bits per heavy atom. The topological polar surface area (TPSA) is 138 Å². The summed E-state index contributed by atoms with van der Waals surface area (Å²) in [6, 6.07) is 10.6. The number of hydrogen-bond donors (Lipinski definition) is 2. The molecule has 0 spiro atoms. The van der Waals surface area contributed by atoms with Crippen LogP contribution in [0, 0.1) is 18.6 Å². The fraction of sp³-hybridized carbons (Fsp3) is 0.457. The second-order valence-corrected chi connectivity index (χ2v) is 14.6. The number of carbonyl (C=O) groups is 2. The van der Waals surface area contributed by atoms with Gasteiger partial charge in [0.25, 0.3) is 5.91 Å². The zero-order chi connectivity index (χ0) is 36.0. The zero-order valence-corrected chi connectivity index (χ0v) is 29.0. The number of primary amides is 1. The number of benzene rings is 2. The summed E-state index contributed by atoms with van der Waals surface area (Å²) in [7, 11) is -3.71. The highest BCUT2D eigenvalue weighted by Crippen LogP contribution is 2.28. The molecule has 3 N–H and O–H groups in total. The monoisotopic (exact) mass is 716 g/mol. The van der Waals surface area contributed by atoms with Crippen LogP contribution in [0.5, 0.6) is 11.6 Å². The lowest BCUT2D eigenvalue weighted by Crippen LogP contribution is -2.49. The SMILES string of the molecule is CCCCN(C(=O)Nc1cc(C(N)=O)c(F)cc1F)C1CCN(Cc2ccc(Oc3ccc(S(=O)(=O)N4CCC(F)CC4)cc3)nc2C)CC1. The number of aromatic nitrogens is 1. The fourth-order valence-electron chi connectivity index (χ4n) is 6.23. The molecule has 0 unspecified atom stereocenters. The van der Waals surface area contributed by atoms with E-state index < -0.39 is 45.3 Å². The van der Waals surface area contributed by atoms with Gasteiger partial charge in [-0.3, -0.25) is 9.69 Å². The minimum Gasteiger partial charge on any atom is -0.439 e. The molecule has 3 heterocycles. The Hall–Kier alpha value is -4.21. The van der Waals surface area contributed by atoms with Crippen LogP contribution in [0.1, 0.15) is 67.1 Å². The van der Waals surface area contributed by atoms with Gasteiger partial charge in [-0.25, -0.2) is 31.4 Å². The first-order chi connectivity index (χ1) is 23.8. The van der Waals surface area contributed by atoms with E-state index in [1.54, 1.807) is 23.1 Å². The molecule has 2 aromatic carbocycles. The highest BCUT2D eigenvalue weighted by atomic mass is 32.2. The summed E-state index contributed by atoms with van der Waals surface area (Å²) in [6.45, 7) is 6.72. The van der Waals surface area contributed by atoms with E-state index in [0.29, 0.717) is 56.7 Å². The van der Waals surface area contributed by atoms with Crippen molar-refractivity contribution in [2.45, 2.75) is 76.0 Å². The van der Waals surface area contributed by atoms with Crippen LogP contribution >= 0.6 is 0 Å². The van der Waals surface area contributed by atoms with Crippen LogP contribution in [0.4, 0.5) is 23.7 Å². The van der Waals surface area contributed by atoms with E-state index in [1.165, 1.54) is 16.4 Å². The number of halogens is 3. The summed E-state index contributed by atoms with van der Waals surface area (Å²) in [6.07, 6.45) is 2.39. The van der Waals surface area contributed by atoms with Crippen molar-refractivity contribution in [2.75, 3.05) is 38.0 Å². The number of nitrogens with zero attached hydrogens (tertiary/aromatic N) is 4. The summed E-state index contributed by atoms with van der Waals surface area (Å²) in [5, 5.41) is 2.51. The largest absolute Gasteiger partial charge is 0.439 e. The molecular weight excluding hydrogens is 673 g/mol. The quantitative estimate of drug-likeness (QED) is 0.235. The first-order valence-electron chi connectivity index (χ1n) is 16.8. The van der Waals surface area contributed by atoms with Crippen LogP contribution in [0.2, 0.25) is 0 Å². The van der Waals surface area contributed by atoms with Gasteiger partial charge in [-0.1, -0.05) is 19.4 Å². The highest BCUT2D eigenvalue weighted by molar-refractivity contribution is 7.89. The molecule has 0 bridgehead atoms. The molecule has 0 radical (unpaired) electrons. The number of pyridine rings is 1. The summed E-state index contributed by atoms with van der Waals surface area (Å²) in [4.78, 5) is 33.5. The number of likely N-dealkylation sites (tertiary alicyclic amines) is 1. The molecule has 0 aliphatic carbocycles. The Bertz CT molecular complexity index is 1780. The van der Waals surface area contributed by atoms with E-state index in [-0.39, 0.29) is 42.6 Å². The number of anilines is 1. The summed E-state index contributed by atoms with van der Waals surface area (Å²) < 4.78 is 75.0. The average molecular weight is 717 g/mol. The number of ether oxygens (including phenoxy) is 1. The van der Waals surface area contributed by atoms with Gasteiger partial charge >= 0.3 is 6.03 Å². The molecule has 2 saturated heterocycles. The number of sulfonamides is 1. The minimum atomic E-state index is -3.71. The van der Waals surface area contributed by atoms with Crippen molar-refractivity contribution < 1.29 is 35.9 Å². The lowest BCUT2D eigenvalue weighted by molar-refractivity contribution is 0.0996. The Morgan fingerprint density at radius 3 is 2.30 bits per heavy atom. The number of nitrogens with one attached hydrogen (secondary N) is 1. The van der Waals surface area contributed by atoms with Crippen molar-refractivity contribution in [3.05, 3.63) is 77.0 Å². The maximum absolute atomic E-state index is 14.5. The molecule has 1 aromatic heterocycles. The van der Waals surface area contributed by atoms with Crippen molar-refractivity contribution >= 4 is 27.6 Å². The van der Waals surface area contributed by atoms with Crippen molar-refractivity contribution in [3.8, 4) is 11.6 Å². The number of alkyl halides is 1. The highest BCUT2D eigenvalue weighted by Gasteiger charge is 2.30. The molecular formula is C35H43F3N6O5S. The van der Waals surface area contributed by atoms with E-state index in [9.17, 15) is 31.2 Å². The number of nitrogens with two attached hydrogens (primary N) is 1. The predicted molar refractivity (Wildman–Crippen MR) is 182 cm³/mol. The van der Waals surface area contributed by atoms with Gasteiger partial charge < -0.3 is 20.7 Å². The molecule has 5 rings (SSSR count). The normalized spacial score (nSPS) is 16.7. The zero-order valence-electron chi connectivity index (χ0n) is 28.2. The number of rotatable bonds is 12. The maximum Gasteiger partial charge on any atom is 0.322 e. The number of hydrogen-bond acceptors (Lipinski definition) is 7. The van der Waals surface area contributed by atoms with Crippen LogP contribution in [-0.2, 0) is 16.6 Å². The lowest BCUT2D eigenvalue weighted by atomic mass is 10.0. The van der Waals surface area contributed by atoms with E-state index in [4.69, 9.17) is 10.5 Å². The number of amides is 3. The van der Waals surface area contributed by atoms with Gasteiger partial charge in [-0.15, -0.1) is 0 Å². The molecule has 11 nitrogen and oxygen atoms in total. The Balaban J connectivity index is 1.16. The standard InChI is InChI=1S/C35H43F3N6O5S/c1-3-4-15-44(35(46)41-32-20-29(34(39)45)30(37)21-31(32)38)26-13-16-42(17-14-26)22-24-5-10-33(40-23(24)2)49-27-6-8-28(9-7-27)50(47,48)43-18-11-25(36)12-19-43/h5-10,20-21,25-26H,3-4,11-19,22H2,1-2H3,(H2,39,45)(H,41,46). The molecule has 0 saturated carbocycles. The van der Waals surface area contributed by atoms with E-state index in [2.05, 4.69) is 15.2 Å². The Morgan fingerprint density at radius 1 is 1.00 bits per heavy atom. The predicted octanol–water partition coefficient (Wildman–Crippen LogP) is 5.98. The van der Waals surface area contributed by atoms with Gasteiger partial charge in [0.2, 0.25) is 15.9 Å². The van der Waals surface area contributed by atoms with Crippen LogP contribution in [0.15, 0.2) is 53.4 Å². The van der Waals surface area contributed by atoms with E-state index >= 15 is 0 Å². The molecule has 270 valence electrons. The second kappa shape index (κ2) is 16.2. The second-order valence-electron chi connectivity index (χ2n) is 12.7. The molecule has 50 heavy (non-hydrogen) atoms. The summed E-state index contributed by atoms with van der Waals surface area (Å²) >= 11 is 0. The van der Waals surface area contributed by atoms with E-state index in [0.717, 1.165) is 30.2 Å². The minimum absolute atomic E-state index is 0.101. The van der Waals surface area contributed by atoms with Gasteiger partial charge in [0.15, 0.2) is 0 Å². The first-order valence-corrected chi connectivity index (χ1v) is 18.3. The van der Waals surface area contributed by atoms with E-state index in [1.807, 2.05) is 19.9 Å². The van der Waals surface area contributed by atoms with Gasteiger partial charge in [0.1, 0.15) is 23.6 Å². The maximum atomic E-state index is 14.5. The van der Waals surface area contributed by atoms with Gasteiger partial charge in [0.05, 0.1) is 16.1 Å². The Kier molecular flexibility index (Phi) is 12.0. The van der Waals surface area contributed by atoms with Crippen LogP contribution in [-0.4, -0.2) is 84.4 Å². The van der Waals surface area contributed by atoms with Crippen molar-refractivity contribution in [2.24, 2.45) is 5.73 Å². The fourth-order valence-corrected chi connectivity index (χ4v) is 7.70. The molecule has 0 atom stereocenters. The van der Waals surface area contributed by atoms with Crippen molar-refractivity contribution in [3.63, 3.8) is 0 Å². The van der Waals surface area contributed by atoms with Gasteiger partial charge in [-0.05, 0) is 74.9 Å². The number of aryl methyl sites for hydroxylation is 1.